The highest BCUT2D eigenvalue weighted by Crippen LogP contribution is 2.38. The summed E-state index contributed by atoms with van der Waals surface area (Å²) in [5.74, 6) is 0. The predicted octanol–water partition coefficient (Wildman–Crippen LogP) is 12.2. The van der Waals surface area contributed by atoms with Crippen LogP contribution in [0.4, 0.5) is 0 Å². The predicted molar refractivity (Wildman–Crippen MR) is 192 cm³/mol. The summed E-state index contributed by atoms with van der Waals surface area (Å²) in [6, 6.07) is 62.5. The first kappa shape index (κ1) is 28.6. The largest absolute Gasteiger partial charge is 0.0837 e. The first-order chi connectivity index (χ1) is 22.3. The Labute approximate surface area is 271 Å². The highest BCUT2D eigenvalue weighted by atomic mass is 35.5. The maximum atomic E-state index is 7.40. The van der Waals surface area contributed by atoms with Crippen molar-refractivity contribution in [2.75, 3.05) is 0 Å². The van der Waals surface area contributed by atoms with E-state index in [0.717, 1.165) is 29.0 Å². The molecule has 0 nitrogen and oxygen atoms in total. The molecule has 0 unspecified atom stereocenters. The molecule has 0 spiro atoms. The molecular weight excluding hydrogens is 564 g/mol. The van der Waals surface area contributed by atoms with Crippen molar-refractivity contribution in [3.05, 3.63) is 203 Å². The Morgan fingerprint density at radius 3 is 0.844 bits per heavy atom. The van der Waals surface area contributed by atoms with Gasteiger partial charge in [0.2, 0.25) is 0 Å². The van der Waals surface area contributed by atoms with Crippen molar-refractivity contribution in [3.8, 4) is 44.5 Å². The molecule has 45 heavy (non-hydrogen) atoms. The summed E-state index contributed by atoms with van der Waals surface area (Å²) in [6.45, 7) is 0. The molecule has 0 saturated carbocycles. The maximum absolute atomic E-state index is 7.40. The molecule has 0 aliphatic heterocycles. The number of rotatable bonds is 8. The van der Waals surface area contributed by atoms with E-state index in [4.69, 9.17) is 11.6 Å². The summed E-state index contributed by atoms with van der Waals surface area (Å²) in [4.78, 5) is 0. The average molecular weight is 597 g/mol. The molecule has 7 rings (SSSR count). The Hall–Kier alpha value is -5.17. The SMILES string of the molecule is Clc1c(Cc2c(-c3ccccc3)cccc2-c2ccccc2)cccc1Cc1c(-c2ccccc2)cccc1-c1ccccc1. The van der Waals surface area contributed by atoms with Crippen molar-refractivity contribution in [1.29, 1.82) is 0 Å². The summed E-state index contributed by atoms with van der Waals surface area (Å²) < 4.78 is 0. The third-order valence-corrected chi connectivity index (χ3v) is 9.07. The second-order valence-electron chi connectivity index (χ2n) is 11.4. The van der Waals surface area contributed by atoms with Crippen LogP contribution in [0.3, 0.4) is 0 Å². The van der Waals surface area contributed by atoms with Gasteiger partial charge in [-0.25, -0.2) is 0 Å². The van der Waals surface area contributed by atoms with Gasteiger partial charge >= 0.3 is 0 Å². The molecule has 0 aliphatic carbocycles. The summed E-state index contributed by atoms with van der Waals surface area (Å²) >= 11 is 7.40. The molecular formula is C44H33Cl. The molecule has 216 valence electrons. The van der Waals surface area contributed by atoms with Crippen LogP contribution in [-0.4, -0.2) is 0 Å². The van der Waals surface area contributed by atoms with Crippen molar-refractivity contribution in [3.63, 3.8) is 0 Å². The van der Waals surface area contributed by atoms with E-state index in [2.05, 4.69) is 176 Å². The third kappa shape index (κ3) is 6.11. The van der Waals surface area contributed by atoms with Gasteiger partial charge in [-0.15, -0.1) is 0 Å². The lowest BCUT2D eigenvalue weighted by Crippen LogP contribution is -2.01. The summed E-state index contributed by atoms with van der Waals surface area (Å²) in [6.07, 6.45) is 1.46. The van der Waals surface area contributed by atoms with E-state index < -0.39 is 0 Å². The van der Waals surface area contributed by atoms with Gasteiger partial charge in [0.25, 0.3) is 0 Å². The van der Waals surface area contributed by atoms with Gasteiger partial charge in [-0.3, -0.25) is 0 Å². The van der Waals surface area contributed by atoms with Gasteiger partial charge in [0, 0.05) is 17.9 Å². The minimum absolute atomic E-state index is 0.730. The van der Waals surface area contributed by atoms with Crippen LogP contribution < -0.4 is 0 Å². The second kappa shape index (κ2) is 13.2. The normalized spacial score (nSPS) is 11.0. The van der Waals surface area contributed by atoms with E-state index in [1.807, 2.05) is 0 Å². The molecule has 0 saturated heterocycles. The van der Waals surface area contributed by atoms with Crippen LogP contribution in [0, 0.1) is 0 Å². The molecule has 7 aromatic carbocycles. The van der Waals surface area contributed by atoms with Gasteiger partial charge in [0.1, 0.15) is 0 Å². The van der Waals surface area contributed by atoms with Gasteiger partial charge in [0.05, 0.1) is 0 Å². The fourth-order valence-corrected chi connectivity index (χ4v) is 6.65. The molecule has 7 aromatic rings. The fourth-order valence-electron chi connectivity index (χ4n) is 6.39. The van der Waals surface area contributed by atoms with Crippen molar-refractivity contribution in [1.82, 2.24) is 0 Å². The monoisotopic (exact) mass is 596 g/mol. The number of hydrogen-bond donors (Lipinski definition) is 0. The van der Waals surface area contributed by atoms with E-state index in [9.17, 15) is 0 Å². The van der Waals surface area contributed by atoms with Crippen LogP contribution in [0.1, 0.15) is 22.3 Å². The average Bonchev–Trinajstić information content (AvgIpc) is 3.11. The Kier molecular flexibility index (Phi) is 8.40. The van der Waals surface area contributed by atoms with Crippen LogP contribution in [0.2, 0.25) is 5.02 Å². The lowest BCUT2D eigenvalue weighted by molar-refractivity contribution is 1.14. The lowest BCUT2D eigenvalue weighted by atomic mass is 9.86. The molecule has 0 aromatic heterocycles. The second-order valence-corrected chi connectivity index (χ2v) is 11.7. The molecule has 0 heterocycles. The Morgan fingerprint density at radius 1 is 0.289 bits per heavy atom. The van der Waals surface area contributed by atoms with E-state index in [1.165, 1.54) is 55.6 Å². The topological polar surface area (TPSA) is 0 Å². The van der Waals surface area contributed by atoms with Gasteiger partial charge in [-0.2, -0.15) is 0 Å². The summed E-state index contributed by atoms with van der Waals surface area (Å²) in [5, 5.41) is 0.834. The summed E-state index contributed by atoms with van der Waals surface area (Å²) in [5.41, 5.74) is 14.6. The smallest absolute Gasteiger partial charge is 0.0476 e. The summed E-state index contributed by atoms with van der Waals surface area (Å²) in [7, 11) is 0. The molecule has 0 fully saturated rings. The standard InChI is InChI=1S/C44H33Cl/c45-44-36(30-42-38(32-16-5-1-6-17-32)26-14-27-39(42)33-18-7-2-8-19-33)24-13-25-37(44)31-43-40(34-20-9-3-10-21-34)28-15-29-41(43)35-22-11-4-12-23-35/h1-29H,30-31H2. The quantitative estimate of drug-likeness (QED) is 0.164. The highest BCUT2D eigenvalue weighted by molar-refractivity contribution is 6.32. The lowest BCUT2D eigenvalue weighted by Gasteiger charge is -2.19. The zero-order valence-corrected chi connectivity index (χ0v) is 25.8. The van der Waals surface area contributed by atoms with Crippen LogP contribution in [0.15, 0.2) is 176 Å². The maximum Gasteiger partial charge on any atom is 0.0476 e. The molecule has 0 amide bonds. The van der Waals surface area contributed by atoms with Crippen molar-refractivity contribution < 1.29 is 0 Å². The van der Waals surface area contributed by atoms with Crippen molar-refractivity contribution in [2.24, 2.45) is 0 Å². The number of halogens is 1. The fraction of sp³-hybridized carbons (Fsp3) is 0.0455. The van der Waals surface area contributed by atoms with Crippen LogP contribution >= 0.6 is 11.6 Å². The van der Waals surface area contributed by atoms with E-state index in [1.54, 1.807) is 0 Å². The zero-order chi connectivity index (χ0) is 30.4. The van der Waals surface area contributed by atoms with Crippen molar-refractivity contribution in [2.45, 2.75) is 12.8 Å². The van der Waals surface area contributed by atoms with E-state index >= 15 is 0 Å². The highest BCUT2D eigenvalue weighted by Gasteiger charge is 2.18. The van der Waals surface area contributed by atoms with Crippen LogP contribution in [-0.2, 0) is 12.8 Å². The molecule has 0 N–H and O–H groups in total. The van der Waals surface area contributed by atoms with E-state index in [-0.39, 0.29) is 0 Å². The van der Waals surface area contributed by atoms with Crippen LogP contribution in [0.25, 0.3) is 44.5 Å². The Balaban J connectivity index is 1.34. The molecule has 0 atom stereocenters. The van der Waals surface area contributed by atoms with E-state index in [0.29, 0.717) is 0 Å². The van der Waals surface area contributed by atoms with Gasteiger partial charge < -0.3 is 0 Å². The first-order valence-electron chi connectivity index (χ1n) is 15.5. The van der Waals surface area contributed by atoms with Gasteiger partial charge in [-0.1, -0.05) is 188 Å². The van der Waals surface area contributed by atoms with Crippen LogP contribution in [0.5, 0.6) is 0 Å². The molecule has 1 heteroatoms. The molecule has 0 radical (unpaired) electrons. The minimum atomic E-state index is 0.730. The van der Waals surface area contributed by atoms with Crippen molar-refractivity contribution >= 4 is 11.6 Å². The minimum Gasteiger partial charge on any atom is -0.0837 e. The Morgan fingerprint density at radius 2 is 0.556 bits per heavy atom. The third-order valence-electron chi connectivity index (χ3n) is 8.58. The molecule has 0 bridgehead atoms. The number of hydrogen-bond acceptors (Lipinski definition) is 0. The van der Waals surface area contributed by atoms with Gasteiger partial charge in [-0.05, 0) is 66.8 Å². The molecule has 0 aliphatic rings. The number of benzene rings is 7. The zero-order valence-electron chi connectivity index (χ0n) is 25.0. The Bertz CT molecular complexity index is 1770. The van der Waals surface area contributed by atoms with Gasteiger partial charge in [0.15, 0.2) is 0 Å². The first-order valence-corrected chi connectivity index (χ1v) is 15.9.